The van der Waals surface area contributed by atoms with Gasteiger partial charge in [0.2, 0.25) is 0 Å². The van der Waals surface area contributed by atoms with Crippen molar-refractivity contribution in [3.63, 3.8) is 0 Å². The van der Waals surface area contributed by atoms with Gasteiger partial charge in [-0.3, -0.25) is 14.4 Å². The Kier molecular flexibility index (Phi) is 63.9. The van der Waals surface area contributed by atoms with Gasteiger partial charge in [-0.05, 0) is 122 Å². The van der Waals surface area contributed by atoms with Gasteiger partial charge in [0.15, 0.2) is 6.10 Å². The molecule has 0 bridgehead atoms. The number of hydrogen-bond donors (Lipinski definition) is 0. The Balaban J connectivity index is 4.06. The minimum atomic E-state index is -0.797. The average molecular weight is 1120 g/mol. The molecular weight excluding hydrogens is 997 g/mol. The van der Waals surface area contributed by atoms with Crippen molar-refractivity contribution < 1.29 is 28.6 Å². The summed E-state index contributed by atoms with van der Waals surface area (Å²) in [5.41, 5.74) is 0. The zero-order chi connectivity index (χ0) is 58.5. The van der Waals surface area contributed by atoms with E-state index in [1.54, 1.807) is 0 Å². The monoisotopic (exact) mass is 1120 g/mol. The molecule has 0 aliphatic carbocycles. The van der Waals surface area contributed by atoms with E-state index in [4.69, 9.17) is 14.2 Å². The van der Waals surface area contributed by atoms with Crippen LogP contribution in [0.3, 0.4) is 0 Å². The number of unbranched alkanes of at least 4 members (excludes halogenated alkanes) is 24. The molecule has 0 aromatic carbocycles. The molecule has 0 amide bonds. The number of esters is 3. The lowest BCUT2D eigenvalue weighted by molar-refractivity contribution is -0.167. The third-order valence-electron chi connectivity index (χ3n) is 13.8. The van der Waals surface area contributed by atoms with E-state index in [9.17, 15) is 14.4 Å². The van der Waals surface area contributed by atoms with Crippen LogP contribution in [0.1, 0.15) is 290 Å². The van der Waals surface area contributed by atoms with E-state index in [1.807, 2.05) is 0 Å². The Morgan fingerprint density at radius 3 is 0.765 bits per heavy atom. The molecule has 458 valence electrons. The van der Waals surface area contributed by atoms with Gasteiger partial charge in [-0.15, -0.1) is 0 Å². The summed E-state index contributed by atoms with van der Waals surface area (Å²) >= 11 is 0. The van der Waals surface area contributed by atoms with Crippen LogP contribution < -0.4 is 0 Å². The van der Waals surface area contributed by atoms with E-state index in [1.165, 1.54) is 96.3 Å². The Morgan fingerprint density at radius 2 is 0.481 bits per heavy atom. The van der Waals surface area contributed by atoms with Gasteiger partial charge in [-0.2, -0.15) is 0 Å². The number of rotatable bonds is 59. The Hall–Kier alpha value is -4.71. The summed E-state index contributed by atoms with van der Waals surface area (Å²) in [5, 5.41) is 0. The summed E-state index contributed by atoms with van der Waals surface area (Å²) in [4.78, 5) is 38.0. The van der Waals surface area contributed by atoms with Crippen molar-refractivity contribution in [3.8, 4) is 0 Å². The first kappa shape index (κ1) is 76.3. The van der Waals surface area contributed by atoms with Crippen LogP contribution in [0.4, 0.5) is 0 Å². The fraction of sp³-hybridized carbons (Fsp3) is 0.640. The van der Waals surface area contributed by atoms with Gasteiger partial charge >= 0.3 is 17.9 Å². The quantitative estimate of drug-likeness (QED) is 0.0261. The zero-order valence-electron chi connectivity index (χ0n) is 52.5. The maximum absolute atomic E-state index is 12.8. The first-order valence-corrected chi connectivity index (χ1v) is 33.3. The van der Waals surface area contributed by atoms with Gasteiger partial charge in [0.1, 0.15) is 13.2 Å². The minimum Gasteiger partial charge on any atom is -0.462 e. The number of carbonyl (C=O) groups is 3. The second kappa shape index (κ2) is 67.8. The van der Waals surface area contributed by atoms with Crippen molar-refractivity contribution in [1.29, 1.82) is 0 Å². The summed E-state index contributed by atoms with van der Waals surface area (Å²) in [6, 6.07) is 0. The van der Waals surface area contributed by atoms with Crippen LogP contribution in [0.25, 0.3) is 0 Å². The highest BCUT2D eigenvalue weighted by molar-refractivity contribution is 5.71. The van der Waals surface area contributed by atoms with Gasteiger partial charge in [0, 0.05) is 19.3 Å². The molecule has 0 N–H and O–H groups in total. The van der Waals surface area contributed by atoms with Gasteiger partial charge < -0.3 is 14.2 Å². The molecule has 81 heavy (non-hydrogen) atoms. The summed E-state index contributed by atoms with van der Waals surface area (Å²) in [7, 11) is 0. The smallest absolute Gasteiger partial charge is 0.306 e. The minimum absolute atomic E-state index is 0.0939. The largest absolute Gasteiger partial charge is 0.462 e. The molecule has 0 heterocycles. The second-order valence-electron chi connectivity index (χ2n) is 21.6. The highest BCUT2D eigenvalue weighted by Gasteiger charge is 2.19. The highest BCUT2D eigenvalue weighted by atomic mass is 16.6. The maximum Gasteiger partial charge on any atom is 0.306 e. The van der Waals surface area contributed by atoms with Crippen molar-refractivity contribution >= 4 is 17.9 Å². The van der Waals surface area contributed by atoms with E-state index < -0.39 is 6.10 Å². The molecule has 6 heteroatoms. The average Bonchev–Trinajstić information content (AvgIpc) is 3.47. The molecule has 0 fully saturated rings. The lowest BCUT2D eigenvalue weighted by Crippen LogP contribution is -2.30. The van der Waals surface area contributed by atoms with Gasteiger partial charge in [-0.25, -0.2) is 0 Å². The molecular formula is C75H122O6. The SMILES string of the molecule is CC/C=C\C/C=C\C/C=C\C/C=C\C/C=C\C/C=C\C/C=C\CCCCCC(=O)OC(COC(=O)CCCCCCC)COC(=O)CCCCCCCCCCCCCCCCCCC/C=C\C/C=C\C/C=C\C/C=C\C/C=C\CC. The molecule has 0 saturated heterocycles. The van der Waals surface area contributed by atoms with Crippen LogP contribution in [-0.4, -0.2) is 37.2 Å². The summed E-state index contributed by atoms with van der Waals surface area (Å²) in [6.07, 6.45) is 97.8. The Labute approximate surface area is 499 Å². The number of hydrogen-bond acceptors (Lipinski definition) is 6. The van der Waals surface area contributed by atoms with Crippen molar-refractivity contribution in [1.82, 2.24) is 0 Å². The predicted octanol–water partition coefficient (Wildman–Crippen LogP) is 23.1. The standard InChI is InChI=1S/C75H122O6/c1-4-7-10-13-15-17-19-21-23-25-27-29-31-33-34-35-36-37-38-39-40-42-43-45-47-49-51-53-55-57-59-62-65-68-74(77)80-71-72(70-79-73(76)67-64-61-12-9-6-3)81-75(78)69-66-63-60-58-56-54-52-50-48-46-44-41-32-30-28-26-24-22-20-18-16-14-11-8-5-2/h7-8,10-11,15-18,21-24,27-30,33-34,41,44,48,50,54,56,72H,4-6,9,12-14,19-20,25-26,31-32,35-40,42-43,45-47,49,51-53,55,57-71H2,1-3H3/b10-7-,11-8-,17-15-,18-16-,23-21-,24-22-,29-27-,30-28-,34-33-,44-41-,50-48-,56-54-. The topological polar surface area (TPSA) is 78.9 Å². The molecule has 0 radical (unpaired) electrons. The van der Waals surface area contributed by atoms with Crippen LogP contribution in [-0.2, 0) is 28.6 Å². The van der Waals surface area contributed by atoms with Gasteiger partial charge in [0.05, 0.1) is 0 Å². The summed E-state index contributed by atoms with van der Waals surface area (Å²) in [6.45, 7) is 6.31. The van der Waals surface area contributed by atoms with Gasteiger partial charge in [-0.1, -0.05) is 295 Å². The highest BCUT2D eigenvalue weighted by Crippen LogP contribution is 2.16. The number of carbonyl (C=O) groups excluding carboxylic acids is 3. The normalized spacial score (nSPS) is 13.1. The summed E-state index contributed by atoms with van der Waals surface area (Å²) in [5.74, 6) is -0.940. The lowest BCUT2D eigenvalue weighted by atomic mass is 10.0. The van der Waals surface area contributed by atoms with Crippen LogP contribution in [0, 0.1) is 0 Å². The van der Waals surface area contributed by atoms with E-state index in [0.717, 1.165) is 154 Å². The summed E-state index contributed by atoms with van der Waals surface area (Å²) < 4.78 is 16.8. The van der Waals surface area contributed by atoms with E-state index >= 15 is 0 Å². The van der Waals surface area contributed by atoms with Crippen molar-refractivity contribution in [2.75, 3.05) is 13.2 Å². The molecule has 0 rings (SSSR count). The maximum atomic E-state index is 12.8. The number of ether oxygens (including phenoxy) is 3. The van der Waals surface area contributed by atoms with Crippen LogP contribution in [0.15, 0.2) is 146 Å². The van der Waals surface area contributed by atoms with Crippen LogP contribution in [0.2, 0.25) is 0 Å². The number of allylic oxidation sites excluding steroid dienone is 24. The van der Waals surface area contributed by atoms with Crippen molar-refractivity contribution in [2.45, 2.75) is 297 Å². The fourth-order valence-electron chi connectivity index (χ4n) is 8.92. The molecule has 0 aromatic rings. The zero-order valence-corrected chi connectivity index (χ0v) is 52.5. The molecule has 0 saturated carbocycles. The first-order valence-electron chi connectivity index (χ1n) is 33.3. The predicted molar refractivity (Wildman–Crippen MR) is 352 cm³/mol. The van der Waals surface area contributed by atoms with E-state index in [0.29, 0.717) is 12.8 Å². The van der Waals surface area contributed by atoms with Crippen LogP contribution >= 0.6 is 0 Å². The van der Waals surface area contributed by atoms with Crippen molar-refractivity contribution in [2.24, 2.45) is 0 Å². The fourth-order valence-corrected chi connectivity index (χ4v) is 8.92. The molecule has 0 aliphatic rings. The molecule has 0 aromatic heterocycles. The third kappa shape index (κ3) is 66.0. The van der Waals surface area contributed by atoms with E-state index in [2.05, 4.69) is 167 Å². The van der Waals surface area contributed by atoms with Crippen LogP contribution in [0.5, 0.6) is 0 Å². The van der Waals surface area contributed by atoms with Gasteiger partial charge in [0.25, 0.3) is 0 Å². The molecule has 1 unspecified atom stereocenters. The first-order chi connectivity index (χ1) is 40.0. The van der Waals surface area contributed by atoms with E-state index in [-0.39, 0.29) is 37.5 Å². The Morgan fingerprint density at radius 1 is 0.259 bits per heavy atom. The molecule has 0 aliphatic heterocycles. The lowest BCUT2D eigenvalue weighted by Gasteiger charge is -2.18. The molecule has 1 atom stereocenters. The second-order valence-corrected chi connectivity index (χ2v) is 21.6. The molecule has 6 nitrogen and oxygen atoms in total. The molecule has 0 spiro atoms. The van der Waals surface area contributed by atoms with Crippen molar-refractivity contribution in [3.05, 3.63) is 146 Å². The Bertz CT molecular complexity index is 1760. The third-order valence-corrected chi connectivity index (χ3v) is 13.8.